The minimum atomic E-state index is 0.247. The second-order valence-electron chi connectivity index (χ2n) is 5.84. The number of nitrogens with zero attached hydrogens (tertiary/aromatic N) is 1. The Labute approximate surface area is 109 Å². The molecule has 2 N–H and O–H groups in total. The minimum absolute atomic E-state index is 0.247. The molecule has 2 heterocycles. The number of aliphatic hydroxyl groups excluding tert-OH is 1. The normalized spacial score (nSPS) is 35.9. The highest BCUT2D eigenvalue weighted by Crippen LogP contribution is 2.42. The molecule has 0 spiro atoms. The third-order valence-corrected chi connectivity index (χ3v) is 4.65. The van der Waals surface area contributed by atoms with Crippen molar-refractivity contribution in [3.05, 3.63) is 35.4 Å². The summed E-state index contributed by atoms with van der Waals surface area (Å²) in [6.07, 6.45) is 0. The molecule has 1 aromatic carbocycles. The zero-order valence-electron chi connectivity index (χ0n) is 11.1. The lowest BCUT2D eigenvalue weighted by Gasteiger charge is -2.22. The lowest BCUT2D eigenvalue weighted by atomic mass is 9.86. The molecule has 3 nitrogen and oxygen atoms in total. The summed E-state index contributed by atoms with van der Waals surface area (Å²) in [4.78, 5) is 2.39. The molecule has 2 fully saturated rings. The number of aryl methyl sites for hydroxylation is 1. The molecular weight excluding hydrogens is 224 g/mol. The fraction of sp³-hybridized carbons (Fsp3) is 0.600. The van der Waals surface area contributed by atoms with Crippen molar-refractivity contribution < 1.29 is 5.11 Å². The van der Waals surface area contributed by atoms with E-state index in [4.69, 9.17) is 0 Å². The van der Waals surface area contributed by atoms with E-state index in [1.165, 1.54) is 11.1 Å². The molecule has 1 aromatic rings. The highest BCUT2D eigenvalue weighted by atomic mass is 16.3. The van der Waals surface area contributed by atoms with Gasteiger partial charge in [-0.05, 0) is 36.9 Å². The first-order chi connectivity index (χ1) is 8.70. The van der Waals surface area contributed by atoms with Crippen molar-refractivity contribution in [2.45, 2.75) is 19.0 Å². The molecule has 18 heavy (non-hydrogen) atoms. The van der Waals surface area contributed by atoms with Crippen LogP contribution in [0.4, 0.5) is 0 Å². The molecule has 0 aromatic heterocycles. The molecular formula is C15H22N2O. The van der Waals surface area contributed by atoms with Crippen molar-refractivity contribution in [3.8, 4) is 0 Å². The first kappa shape index (κ1) is 12.2. The number of hydrogen-bond donors (Lipinski definition) is 2. The molecule has 3 heteroatoms. The van der Waals surface area contributed by atoms with E-state index in [0.717, 1.165) is 13.1 Å². The number of aliphatic hydroxyl groups is 1. The molecule has 2 aliphatic rings. The fourth-order valence-electron chi connectivity index (χ4n) is 3.77. The number of hydrogen-bond acceptors (Lipinski definition) is 3. The quantitative estimate of drug-likeness (QED) is 0.822. The summed E-state index contributed by atoms with van der Waals surface area (Å²) >= 11 is 0. The molecule has 0 radical (unpaired) electrons. The van der Waals surface area contributed by atoms with Crippen LogP contribution in [0.5, 0.6) is 0 Å². The van der Waals surface area contributed by atoms with E-state index >= 15 is 0 Å². The molecule has 2 saturated heterocycles. The van der Waals surface area contributed by atoms with Gasteiger partial charge in [-0.3, -0.25) is 0 Å². The lowest BCUT2D eigenvalue weighted by molar-refractivity contribution is 0.218. The zero-order valence-corrected chi connectivity index (χ0v) is 11.1. The third kappa shape index (κ3) is 1.87. The van der Waals surface area contributed by atoms with Crippen LogP contribution in [0.2, 0.25) is 0 Å². The van der Waals surface area contributed by atoms with E-state index in [1.807, 2.05) is 0 Å². The summed E-state index contributed by atoms with van der Waals surface area (Å²) in [5.41, 5.74) is 2.75. The second kappa shape index (κ2) is 4.65. The summed E-state index contributed by atoms with van der Waals surface area (Å²) in [6, 6.07) is 9.27. The first-order valence-corrected chi connectivity index (χ1v) is 6.81. The highest BCUT2D eigenvalue weighted by molar-refractivity contribution is 5.31. The predicted octanol–water partition coefficient (Wildman–Crippen LogP) is 1.18. The van der Waals surface area contributed by atoms with Crippen molar-refractivity contribution in [3.63, 3.8) is 0 Å². The van der Waals surface area contributed by atoms with Gasteiger partial charge in [0.1, 0.15) is 0 Å². The minimum Gasteiger partial charge on any atom is -0.395 e. The Morgan fingerprint density at radius 2 is 2.00 bits per heavy atom. The van der Waals surface area contributed by atoms with Crippen LogP contribution in [0.15, 0.2) is 24.3 Å². The van der Waals surface area contributed by atoms with Crippen LogP contribution in [-0.2, 0) is 0 Å². The van der Waals surface area contributed by atoms with Gasteiger partial charge in [0.2, 0.25) is 0 Å². The topological polar surface area (TPSA) is 35.5 Å². The number of benzene rings is 1. The Balaban J connectivity index is 1.91. The molecule has 0 unspecified atom stereocenters. The van der Waals surface area contributed by atoms with Gasteiger partial charge in [0, 0.05) is 25.2 Å². The maximum atomic E-state index is 9.55. The van der Waals surface area contributed by atoms with Gasteiger partial charge in [-0.1, -0.05) is 24.3 Å². The van der Waals surface area contributed by atoms with Crippen LogP contribution in [0, 0.1) is 18.8 Å². The molecule has 98 valence electrons. The van der Waals surface area contributed by atoms with Crippen LogP contribution in [0.3, 0.4) is 0 Å². The van der Waals surface area contributed by atoms with Crippen molar-refractivity contribution in [1.29, 1.82) is 0 Å². The molecule has 2 aliphatic heterocycles. The highest BCUT2D eigenvalue weighted by Gasteiger charge is 2.47. The van der Waals surface area contributed by atoms with E-state index in [0.29, 0.717) is 17.9 Å². The van der Waals surface area contributed by atoms with Crippen LogP contribution < -0.4 is 5.32 Å². The summed E-state index contributed by atoms with van der Waals surface area (Å²) < 4.78 is 0. The monoisotopic (exact) mass is 246 g/mol. The van der Waals surface area contributed by atoms with E-state index in [2.05, 4.69) is 48.5 Å². The van der Waals surface area contributed by atoms with Crippen molar-refractivity contribution in [2.75, 3.05) is 26.7 Å². The summed E-state index contributed by atoms with van der Waals surface area (Å²) in [5, 5.41) is 13.2. The Morgan fingerprint density at radius 1 is 1.28 bits per heavy atom. The predicted molar refractivity (Wildman–Crippen MR) is 72.4 cm³/mol. The Kier molecular flexibility index (Phi) is 3.14. The largest absolute Gasteiger partial charge is 0.395 e. The van der Waals surface area contributed by atoms with Crippen LogP contribution >= 0.6 is 0 Å². The lowest BCUT2D eigenvalue weighted by Crippen LogP contribution is -2.35. The Hall–Kier alpha value is -0.900. The van der Waals surface area contributed by atoms with Crippen LogP contribution in [0.25, 0.3) is 0 Å². The van der Waals surface area contributed by atoms with E-state index in [-0.39, 0.29) is 12.6 Å². The smallest absolute Gasteiger partial charge is 0.0588 e. The molecule has 0 saturated carbocycles. The second-order valence-corrected chi connectivity index (χ2v) is 5.84. The maximum Gasteiger partial charge on any atom is 0.0588 e. The number of fused-ring (bicyclic) bond motifs is 1. The first-order valence-electron chi connectivity index (χ1n) is 6.81. The fourth-order valence-corrected chi connectivity index (χ4v) is 3.77. The SMILES string of the molecule is Cc1ccccc1[C@H]1N[C@@H](CO)[C@H]2CN(C)C[C@H]21. The van der Waals surface area contributed by atoms with E-state index < -0.39 is 0 Å². The number of rotatable bonds is 2. The van der Waals surface area contributed by atoms with E-state index in [9.17, 15) is 5.11 Å². The molecule has 3 rings (SSSR count). The average Bonchev–Trinajstić information content (AvgIpc) is 2.87. The van der Waals surface area contributed by atoms with Crippen LogP contribution in [0.1, 0.15) is 17.2 Å². The summed E-state index contributed by atoms with van der Waals surface area (Å²) in [5.74, 6) is 1.22. The molecule has 4 atom stereocenters. The average molecular weight is 246 g/mol. The van der Waals surface area contributed by atoms with Gasteiger partial charge in [-0.25, -0.2) is 0 Å². The van der Waals surface area contributed by atoms with Crippen LogP contribution in [-0.4, -0.2) is 42.8 Å². The zero-order chi connectivity index (χ0) is 12.7. The third-order valence-electron chi connectivity index (χ3n) is 4.65. The Bertz CT molecular complexity index is 434. The van der Waals surface area contributed by atoms with Crippen molar-refractivity contribution in [2.24, 2.45) is 11.8 Å². The van der Waals surface area contributed by atoms with Gasteiger partial charge < -0.3 is 15.3 Å². The van der Waals surface area contributed by atoms with E-state index in [1.54, 1.807) is 0 Å². The standard InChI is InChI=1S/C15H22N2O/c1-10-5-3-4-6-11(10)15-13-8-17(2)7-12(13)14(9-18)16-15/h3-6,12-16,18H,7-9H2,1-2H3/t12-,13+,14-,15+/m0/s1. The van der Waals surface area contributed by atoms with Gasteiger partial charge in [0.25, 0.3) is 0 Å². The molecule has 0 amide bonds. The molecule has 0 aliphatic carbocycles. The van der Waals surface area contributed by atoms with Crippen molar-refractivity contribution >= 4 is 0 Å². The maximum absolute atomic E-state index is 9.55. The summed E-state index contributed by atoms with van der Waals surface area (Å²) in [7, 11) is 2.18. The van der Waals surface area contributed by atoms with Gasteiger partial charge >= 0.3 is 0 Å². The number of nitrogens with one attached hydrogen (secondary N) is 1. The molecule has 0 bridgehead atoms. The summed E-state index contributed by atoms with van der Waals surface area (Å²) in [6.45, 7) is 4.66. The van der Waals surface area contributed by atoms with Gasteiger partial charge in [-0.15, -0.1) is 0 Å². The van der Waals surface area contributed by atoms with Gasteiger partial charge in [0.05, 0.1) is 6.61 Å². The number of likely N-dealkylation sites (tertiary alicyclic amines) is 1. The Morgan fingerprint density at radius 3 is 2.72 bits per heavy atom. The van der Waals surface area contributed by atoms with Gasteiger partial charge in [-0.2, -0.15) is 0 Å². The van der Waals surface area contributed by atoms with Crippen molar-refractivity contribution in [1.82, 2.24) is 10.2 Å². The van der Waals surface area contributed by atoms with Gasteiger partial charge in [0.15, 0.2) is 0 Å².